The molecule has 178 valence electrons. The van der Waals surface area contributed by atoms with Gasteiger partial charge in [-0.2, -0.15) is 0 Å². The molecule has 1 aliphatic heterocycles. The van der Waals surface area contributed by atoms with Crippen molar-refractivity contribution in [3.05, 3.63) is 36.4 Å². The third-order valence-electron chi connectivity index (χ3n) is 3.65. The average molecular weight is 454 g/mol. The summed E-state index contributed by atoms with van der Waals surface area (Å²) in [5.74, 6) is 1.08. The van der Waals surface area contributed by atoms with Gasteiger partial charge in [-0.15, -0.1) is 11.8 Å². The van der Waals surface area contributed by atoms with Gasteiger partial charge in [-0.05, 0) is 92.5 Å². The van der Waals surface area contributed by atoms with E-state index in [9.17, 15) is 9.59 Å². The topological polar surface area (TPSA) is 75.9 Å². The van der Waals surface area contributed by atoms with Gasteiger partial charge in [0.15, 0.2) is 0 Å². The average Bonchev–Trinajstić information content (AvgIpc) is 3.14. The number of allylic oxidation sites excluding steroid dienone is 1. The predicted molar refractivity (Wildman–Crippen MR) is 135 cm³/mol. The van der Waals surface area contributed by atoms with E-state index in [4.69, 9.17) is 5.73 Å². The number of nitrogen functional groups attached to an aromatic ring is 1. The van der Waals surface area contributed by atoms with Crippen LogP contribution in [-0.4, -0.2) is 74.7 Å². The molecule has 0 aromatic heterocycles. The Kier molecular flexibility index (Phi) is 19.1. The highest BCUT2D eigenvalue weighted by Gasteiger charge is 2.07. The Morgan fingerprint density at radius 1 is 1.23 bits per heavy atom. The van der Waals surface area contributed by atoms with Crippen molar-refractivity contribution < 1.29 is 14.3 Å². The normalized spacial score (nSPS) is 12.9. The van der Waals surface area contributed by atoms with E-state index in [0.29, 0.717) is 12.0 Å². The van der Waals surface area contributed by atoms with Crippen LogP contribution in [0.1, 0.15) is 40.5 Å². The number of benzene rings is 1. The molecule has 2 rings (SSSR count). The van der Waals surface area contributed by atoms with Gasteiger partial charge in [0, 0.05) is 22.9 Å². The summed E-state index contributed by atoms with van der Waals surface area (Å²) in [7, 11) is 6.33. The molecule has 1 heterocycles. The molecule has 1 fully saturated rings. The number of likely N-dealkylation sites (tertiary alicyclic amines) is 1. The molecule has 31 heavy (non-hydrogen) atoms. The van der Waals surface area contributed by atoms with Crippen LogP contribution in [0.3, 0.4) is 0 Å². The molecule has 0 unspecified atom stereocenters. The Bertz CT molecular complexity index is 610. The Balaban J connectivity index is 0. The molecule has 7 heteroatoms. The van der Waals surface area contributed by atoms with E-state index in [0.717, 1.165) is 24.3 Å². The number of carbonyl (C=O) groups is 2. The van der Waals surface area contributed by atoms with Crippen LogP contribution in [0.4, 0.5) is 5.69 Å². The summed E-state index contributed by atoms with van der Waals surface area (Å²) in [6, 6.07) is 7.99. The van der Waals surface area contributed by atoms with Gasteiger partial charge < -0.3 is 20.3 Å². The minimum Gasteiger partial charge on any atom is -0.462 e. The van der Waals surface area contributed by atoms with E-state index in [2.05, 4.69) is 48.3 Å². The number of nitrogens with zero attached hydrogens (tertiary/aromatic N) is 2. The number of aldehydes is 1. The molecule has 1 saturated heterocycles. The predicted octanol–water partition coefficient (Wildman–Crippen LogP) is 4.35. The van der Waals surface area contributed by atoms with Crippen LogP contribution >= 0.6 is 11.8 Å². The molecule has 2 N–H and O–H groups in total. The van der Waals surface area contributed by atoms with Crippen LogP contribution in [0.15, 0.2) is 41.3 Å². The molecule has 0 aliphatic carbocycles. The zero-order valence-electron chi connectivity index (χ0n) is 20.5. The SMILES string of the molecule is C=C(C)C=O.CC(C)(C)OC=O.CN(C)CCSc1ccccc1N.CN1CCCC1. The number of thioether (sulfide) groups is 1. The first-order valence-electron chi connectivity index (χ1n) is 10.5. The van der Waals surface area contributed by atoms with Crippen LogP contribution in [0, 0.1) is 0 Å². The zero-order valence-corrected chi connectivity index (χ0v) is 21.3. The number of nitrogens with two attached hydrogens (primary N) is 1. The van der Waals surface area contributed by atoms with Gasteiger partial charge in [-0.25, -0.2) is 0 Å². The molecule has 0 atom stereocenters. The highest BCUT2D eigenvalue weighted by Crippen LogP contribution is 2.23. The van der Waals surface area contributed by atoms with Crippen molar-refractivity contribution in [1.29, 1.82) is 0 Å². The molecule has 0 bridgehead atoms. The Labute approximate surface area is 194 Å². The number of ether oxygens (including phenoxy) is 1. The molecular formula is C24H43N3O3S. The van der Waals surface area contributed by atoms with E-state index in [1.807, 2.05) is 50.7 Å². The fourth-order valence-corrected chi connectivity index (χ4v) is 3.06. The largest absolute Gasteiger partial charge is 0.462 e. The molecular weight excluding hydrogens is 410 g/mol. The van der Waals surface area contributed by atoms with Crippen LogP contribution < -0.4 is 5.73 Å². The third kappa shape index (κ3) is 24.3. The second-order valence-electron chi connectivity index (χ2n) is 8.49. The molecule has 1 aliphatic rings. The van der Waals surface area contributed by atoms with Gasteiger partial charge in [0.05, 0.1) is 0 Å². The smallest absolute Gasteiger partial charge is 0.293 e. The van der Waals surface area contributed by atoms with Crippen LogP contribution in [0.25, 0.3) is 0 Å². The number of rotatable bonds is 6. The first-order valence-corrected chi connectivity index (χ1v) is 11.4. The van der Waals surface area contributed by atoms with Crippen molar-refractivity contribution in [3.63, 3.8) is 0 Å². The van der Waals surface area contributed by atoms with E-state index in [1.165, 1.54) is 30.8 Å². The molecule has 0 radical (unpaired) electrons. The highest BCUT2D eigenvalue weighted by molar-refractivity contribution is 7.99. The summed E-state index contributed by atoms with van der Waals surface area (Å²) in [6.07, 6.45) is 3.55. The molecule has 0 spiro atoms. The Morgan fingerprint density at radius 2 is 1.74 bits per heavy atom. The monoisotopic (exact) mass is 453 g/mol. The fourth-order valence-electron chi connectivity index (χ4n) is 1.97. The van der Waals surface area contributed by atoms with Crippen molar-refractivity contribution in [1.82, 2.24) is 9.80 Å². The quantitative estimate of drug-likeness (QED) is 0.297. The van der Waals surface area contributed by atoms with Crippen molar-refractivity contribution in [2.45, 2.75) is 51.0 Å². The first-order chi connectivity index (χ1) is 14.4. The van der Waals surface area contributed by atoms with Crippen molar-refractivity contribution in [2.75, 3.05) is 52.3 Å². The summed E-state index contributed by atoms with van der Waals surface area (Å²) in [5.41, 5.74) is 6.94. The number of hydrogen-bond acceptors (Lipinski definition) is 7. The lowest BCUT2D eigenvalue weighted by atomic mass is 10.2. The van der Waals surface area contributed by atoms with Crippen molar-refractivity contribution in [2.24, 2.45) is 0 Å². The van der Waals surface area contributed by atoms with Crippen LogP contribution in [0.2, 0.25) is 0 Å². The number of hydrogen-bond donors (Lipinski definition) is 1. The minimum absolute atomic E-state index is 0.318. The lowest BCUT2D eigenvalue weighted by Gasteiger charge is -2.14. The standard InChI is InChI=1S/C10H16N2S.C5H11N.C5H10O2.C4H6O/c1-12(2)7-8-13-10-6-4-3-5-9(10)11;1-6-4-2-3-5-6;1-5(2,3)7-4-6;1-4(2)3-5/h3-6H,7-8,11H2,1-2H3;2-5H2,1H3;4H,1-3H3;3H,1H2,2H3. The van der Waals surface area contributed by atoms with E-state index in [1.54, 1.807) is 6.92 Å². The maximum absolute atomic E-state index is 9.60. The number of para-hydroxylation sites is 1. The lowest BCUT2D eigenvalue weighted by Crippen LogP contribution is -2.17. The first kappa shape index (κ1) is 31.4. The molecule has 0 amide bonds. The summed E-state index contributed by atoms with van der Waals surface area (Å²) in [4.78, 5) is 24.7. The second kappa shape index (κ2) is 18.9. The lowest BCUT2D eigenvalue weighted by molar-refractivity contribution is -0.138. The van der Waals surface area contributed by atoms with Crippen LogP contribution in [0.5, 0.6) is 0 Å². The van der Waals surface area contributed by atoms with Gasteiger partial charge in [0.25, 0.3) is 6.47 Å². The molecule has 6 nitrogen and oxygen atoms in total. The van der Waals surface area contributed by atoms with E-state index < -0.39 is 0 Å². The van der Waals surface area contributed by atoms with Gasteiger partial charge in [-0.1, -0.05) is 18.7 Å². The summed E-state index contributed by atoms with van der Waals surface area (Å²) in [5, 5.41) is 0. The Morgan fingerprint density at radius 3 is 2.03 bits per heavy atom. The number of carbonyl (C=O) groups excluding carboxylic acids is 2. The van der Waals surface area contributed by atoms with Gasteiger partial charge in [0.1, 0.15) is 11.9 Å². The summed E-state index contributed by atoms with van der Waals surface area (Å²) in [6.45, 7) is 14.6. The van der Waals surface area contributed by atoms with Gasteiger partial charge in [-0.3, -0.25) is 9.59 Å². The van der Waals surface area contributed by atoms with Gasteiger partial charge >= 0.3 is 0 Å². The van der Waals surface area contributed by atoms with Crippen LogP contribution in [-0.2, 0) is 14.3 Å². The molecule has 1 aromatic carbocycles. The second-order valence-corrected chi connectivity index (χ2v) is 9.63. The Hall–Kier alpha value is -1.83. The van der Waals surface area contributed by atoms with Gasteiger partial charge in [0.2, 0.25) is 0 Å². The van der Waals surface area contributed by atoms with Crippen molar-refractivity contribution in [3.8, 4) is 0 Å². The minimum atomic E-state index is -0.318. The maximum Gasteiger partial charge on any atom is 0.293 e. The molecule has 0 saturated carbocycles. The summed E-state index contributed by atoms with van der Waals surface area (Å²) >= 11 is 1.81. The zero-order chi connectivity index (χ0) is 24.3. The third-order valence-corrected chi connectivity index (χ3v) is 4.72. The number of anilines is 1. The van der Waals surface area contributed by atoms with E-state index >= 15 is 0 Å². The summed E-state index contributed by atoms with van der Waals surface area (Å²) < 4.78 is 4.55. The molecule has 1 aromatic rings. The highest BCUT2D eigenvalue weighted by atomic mass is 32.2. The maximum atomic E-state index is 9.60. The van der Waals surface area contributed by atoms with Crippen molar-refractivity contribution >= 4 is 30.2 Å². The fraction of sp³-hybridized carbons (Fsp3) is 0.583. The van der Waals surface area contributed by atoms with E-state index in [-0.39, 0.29) is 5.60 Å².